The maximum atomic E-state index is 12.9. The number of fused-ring (bicyclic) bond motifs is 4. The molecule has 2 aliphatic rings. The van der Waals surface area contributed by atoms with E-state index in [4.69, 9.17) is 19.2 Å². The lowest BCUT2D eigenvalue weighted by Crippen LogP contribution is -2.54. The van der Waals surface area contributed by atoms with Crippen molar-refractivity contribution in [1.82, 2.24) is 9.55 Å². The number of pyridine rings is 2. The predicted molar refractivity (Wildman–Crippen MR) is 113 cm³/mol. The van der Waals surface area contributed by atoms with Gasteiger partial charge in [-0.3, -0.25) is 4.79 Å². The lowest BCUT2D eigenvalue weighted by molar-refractivity contribution is 0.0695. The van der Waals surface area contributed by atoms with E-state index >= 15 is 0 Å². The Bertz CT molecular complexity index is 1270. The molecule has 1 N–H and O–H groups in total. The molecule has 1 fully saturated rings. The zero-order valence-electron chi connectivity index (χ0n) is 17.1. The molecule has 1 aromatic carbocycles. The van der Waals surface area contributed by atoms with Crippen molar-refractivity contribution in [3.05, 3.63) is 51.8 Å². The van der Waals surface area contributed by atoms with Gasteiger partial charge in [-0.15, -0.1) is 0 Å². The minimum Gasteiger partial charge on any atom is -0.497 e. The van der Waals surface area contributed by atoms with E-state index < -0.39 is 11.4 Å². The van der Waals surface area contributed by atoms with Crippen LogP contribution in [0, 0.1) is 0 Å². The highest BCUT2D eigenvalue weighted by Gasteiger charge is 2.36. The molecule has 0 unspecified atom stereocenters. The van der Waals surface area contributed by atoms with Gasteiger partial charge in [0.05, 0.1) is 32.2 Å². The summed E-state index contributed by atoms with van der Waals surface area (Å²) in [4.78, 5) is 31.5. The van der Waals surface area contributed by atoms with Crippen molar-refractivity contribution in [2.24, 2.45) is 0 Å². The third kappa shape index (κ3) is 3.04. The van der Waals surface area contributed by atoms with Crippen molar-refractivity contribution in [3.63, 3.8) is 0 Å². The van der Waals surface area contributed by atoms with Crippen molar-refractivity contribution in [2.75, 3.05) is 32.3 Å². The topological polar surface area (TPSA) is 103 Å². The molecule has 9 heteroatoms. The van der Waals surface area contributed by atoms with Gasteiger partial charge in [0, 0.05) is 24.4 Å². The number of methoxy groups -OCH3 is 2. The van der Waals surface area contributed by atoms with E-state index in [1.165, 1.54) is 6.20 Å². The molecule has 0 amide bonds. The number of anilines is 1. The zero-order valence-corrected chi connectivity index (χ0v) is 17.1. The number of rotatable bonds is 5. The first kappa shape index (κ1) is 19.2. The van der Waals surface area contributed by atoms with Crippen LogP contribution in [0.4, 0.5) is 5.82 Å². The van der Waals surface area contributed by atoms with Crippen LogP contribution in [0.2, 0.25) is 0 Å². The Morgan fingerprint density at radius 2 is 2.13 bits per heavy atom. The molecule has 160 valence electrons. The normalized spacial score (nSPS) is 16.7. The van der Waals surface area contributed by atoms with Crippen LogP contribution < -0.4 is 24.5 Å². The number of nitrogens with zero attached hydrogens (tertiary/aromatic N) is 3. The molecule has 31 heavy (non-hydrogen) atoms. The molecular weight excluding hydrogens is 402 g/mol. The highest BCUT2D eigenvalue weighted by molar-refractivity contribution is 5.92. The van der Waals surface area contributed by atoms with Crippen LogP contribution in [0.1, 0.15) is 22.3 Å². The number of benzene rings is 1. The lowest BCUT2D eigenvalue weighted by Gasteiger charge is -2.45. The molecule has 9 nitrogen and oxygen atoms in total. The van der Waals surface area contributed by atoms with Gasteiger partial charge in [-0.2, -0.15) is 0 Å². The van der Waals surface area contributed by atoms with Gasteiger partial charge in [-0.1, -0.05) is 0 Å². The largest absolute Gasteiger partial charge is 0.497 e. The molecule has 3 aromatic rings. The molecule has 2 aliphatic heterocycles. The average molecular weight is 423 g/mol. The van der Waals surface area contributed by atoms with Gasteiger partial charge in [-0.05, 0) is 24.6 Å². The summed E-state index contributed by atoms with van der Waals surface area (Å²) in [5.41, 5.74) is 0.300. The van der Waals surface area contributed by atoms with Crippen LogP contribution in [-0.2, 0) is 6.54 Å². The molecule has 1 saturated heterocycles. The van der Waals surface area contributed by atoms with E-state index in [9.17, 15) is 14.7 Å². The van der Waals surface area contributed by atoms with Gasteiger partial charge >= 0.3 is 5.97 Å². The summed E-state index contributed by atoms with van der Waals surface area (Å²) < 4.78 is 18.2. The minimum absolute atomic E-state index is 0.213. The molecule has 0 aliphatic carbocycles. The van der Waals surface area contributed by atoms with Crippen LogP contribution >= 0.6 is 0 Å². The molecule has 0 spiro atoms. The van der Waals surface area contributed by atoms with Crippen molar-refractivity contribution < 1.29 is 24.1 Å². The number of aromatic nitrogens is 2. The van der Waals surface area contributed by atoms with Crippen molar-refractivity contribution >= 4 is 22.8 Å². The first-order valence-corrected chi connectivity index (χ1v) is 9.92. The summed E-state index contributed by atoms with van der Waals surface area (Å²) in [6.07, 6.45) is 2.38. The molecule has 0 bridgehead atoms. The Hall–Kier alpha value is -3.75. The molecule has 0 saturated carbocycles. The second-order valence-corrected chi connectivity index (χ2v) is 7.61. The van der Waals surface area contributed by atoms with Gasteiger partial charge in [-0.25, -0.2) is 9.78 Å². The highest BCUT2D eigenvalue weighted by Crippen LogP contribution is 2.39. The Labute approximate surface area is 177 Å². The number of hydrogen-bond donors (Lipinski definition) is 1. The summed E-state index contributed by atoms with van der Waals surface area (Å²) in [7, 11) is 3.13. The van der Waals surface area contributed by atoms with E-state index in [-0.39, 0.29) is 23.5 Å². The molecule has 0 radical (unpaired) electrons. The smallest absolute Gasteiger partial charge is 0.341 e. The van der Waals surface area contributed by atoms with Gasteiger partial charge < -0.3 is 28.8 Å². The first-order valence-electron chi connectivity index (χ1n) is 9.92. The summed E-state index contributed by atoms with van der Waals surface area (Å²) in [6.45, 7) is 1.68. The summed E-state index contributed by atoms with van der Waals surface area (Å²) >= 11 is 0. The highest BCUT2D eigenvalue weighted by atomic mass is 16.5. The van der Waals surface area contributed by atoms with Crippen LogP contribution in [0.15, 0.2) is 35.3 Å². The maximum Gasteiger partial charge on any atom is 0.341 e. The standard InChI is InChI=1S/C22H21N3O6/c1-29-14-4-3-12(17(7-14)30-2)9-24-10-16(22(27)28)19(26)15-8-18-21(23-20(15)24)25-6-5-13(25)11-31-18/h3-4,7-8,10,13H,5-6,9,11H2,1-2H3,(H,27,28)/t13-/m0/s1. The second-order valence-electron chi connectivity index (χ2n) is 7.61. The van der Waals surface area contributed by atoms with Crippen molar-refractivity contribution in [2.45, 2.75) is 19.0 Å². The average Bonchev–Trinajstić information content (AvgIpc) is 2.74. The molecule has 5 rings (SSSR count). The number of carboxylic acids is 1. The second kappa shape index (κ2) is 7.19. The van der Waals surface area contributed by atoms with Gasteiger partial charge in [0.1, 0.15) is 29.3 Å². The quantitative estimate of drug-likeness (QED) is 0.666. The summed E-state index contributed by atoms with van der Waals surface area (Å²) in [5, 5.41) is 9.81. The van der Waals surface area contributed by atoms with Gasteiger partial charge in [0.2, 0.25) is 5.43 Å². The predicted octanol–water partition coefficient (Wildman–Crippen LogP) is 2.13. The van der Waals surface area contributed by atoms with E-state index in [0.29, 0.717) is 35.3 Å². The fraction of sp³-hybridized carbons (Fsp3) is 0.318. The fourth-order valence-electron chi connectivity index (χ4n) is 4.11. The Morgan fingerprint density at radius 3 is 2.81 bits per heavy atom. The third-order valence-corrected chi connectivity index (χ3v) is 5.91. The van der Waals surface area contributed by atoms with Crippen molar-refractivity contribution in [3.8, 4) is 17.2 Å². The number of hydrogen-bond acceptors (Lipinski definition) is 7. The molecule has 2 aromatic heterocycles. The SMILES string of the molecule is COc1ccc(Cn2cc(C(=O)O)c(=O)c3cc4c(nc32)N2CC[C@H]2CO4)c(OC)c1. The van der Waals surface area contributed by atoms with Crippen LogP contribution in [0.5, 0.6) is 17.2 Å². The zero-order chi connectivity index (χ0) is 21.7. The van der Waals surface area contributed by atoms with Crippen LogP contribution in [0.3, 0.4) is 0 Å². The Kier molecular flexibility index (Phi) is 4.46. The Balaban J connectivity index is 1.70. The minimum atomic E-state index is -1.29. The van der Waals surface area contributed by atoms with Crippen molar-refractivity contribution in [1.29, 1.82) is 0 Å². The number of aromatic carboxylic acids is 1. The molecular formula is C22H21N3O6. The lowest BCUT2D eigenvalue weighted by atomic mass is 10.0. The van der Waals surface area contributed by atoms with Gasteiger partial charge in [0.25, 0.3) is 0 Å². The summed E-state index contributed by atoms with van der Waals surface area (Å²) in [6, 6.07) is 7.30. The van der Waals surface area contributed by atoms with Crippen LogP contribution in [0.25, 0.3) is 11.0 Å². The number of carbonyl (C=O) groups is 1. The first-order chi connectivity index (χ1) is 15.0. The Morgan fingerprint density at radius 1 is 1.29 bits per heavy atom. The summed E-state index contributed by atoms with van der Waals surface area (Å²) in [5.74, 6) is 1.14. The van der Waals surface area contributed by atoms with E-state index in [0.717, 1.165) is 18.5 Å². The number of ether oxygens (including phenoxy) is 3. The van der Waals surface area contributed by atoms with E-state index in [1.54, 1.807) is 37.0 Å². The third-order valence-electron chi connectivity index (χ3n) is 5.91. The van der Waals surface area contributed by atoms with E-state index in [1.807, 2.05) is 6.07 Å². The maximum absolute atomic E-state index is 12.9. The van der Waals surface area contributed by atoms with Gasteiger partial charge in [0.15, 0.2) is 11.6 Å². The monoisotopic (exact) mass is 423 g/mol. The fourth-order valence-corrected chi connectivity index (χ4v) is 4.11. The van der Waals surface area contributed by atoms with Crippen LogP contribution in [-0.4, -0.2) is 54.0 Å². The van der Waals surface area contributed by atoms with E-state index in [2.05, 4.69) is 4.90 Å². The number of carboxylic acid groups (broad SMARTS) is 1. The molecule has 1 atom stereocenters. The molecule has 4 heterocycles.